The van der Waals surface area contributed by atoms with Crippen LogP contribution in [0.4, 0.5) is 0 Å². The highest BCUT2D eigenvalue weighted by Crippen LogP contribution is 2.25. The summed E-state index contributed by atoms with van der Waals surface area (Å²) in [6.45, 7) is 6.48. The van der Waals surface area contributed by atoms with E-state index in [0.717, 1.165) is 25.7 Å². The smallest absolute Gasteiger partial charge is 0.0565 e. The molecule has 0 spiro atoms. The largest absolute Gasteiger partial charge is 0.396 e. The van der Waals surface area contributed by atoms with E-state index >= 15 is 0 Å². The topological polar surface area (TPSA) is 40.5 Å². The quantitative estimate of drug-likeness (QED) is 0.643. The molecule has 3 unspecified atom stereocenters. The fraction of sp³-hybridized carbons (Fsp3) is 1.00. The Balaban J connectivity index is 4.00. The third-order valence-corrected chi connectivity index (χ3v) is 2.93. The SMILES string of the molecule is CCCC(CCO)C(C)C(O)CC. The van der Waals surface area contributed by atoms with Gasteiger partial charge in [-0.15, -0.1) is 0 Å². The van der Waals surface area contributed by atoms with Gasteiger partial charge in [-0.25, -0.2) is 0 Å². The van der Waals surface area contributed by atoms with Crippen LogP contribution >= 0.6 is 0 Å². The van der Waals surface area contributed by atoms with E-state index in [1.54, 1.807) is 0 Å². The van der Waals surface area contributed by atoms with Crippen molar-refractivity contribution >= 4 is 0 Å². The van der Waals surface area contributed by atoms with Crippen LogP contribution in [0.15, 0.2) is 0 Å². The molecule has 0 radical (unpaired) electrons. The Morgan fingerprint density at radius 3 is 2.15 bits per heavy atom. The van der Waals surface area contributed by atoms with Gasteiger partial charge in [0.25, 0.3) is 0 Å². The molecule has 0 amide bonds. The molecule has 2 heteroatoms. The first-order valence-corrected chi connectivity index (χ1v) is 5.46. The molecule has 0 aromatic carbocycles. The van der Waals surface area contributed by atoms with Crippen LogP contribution in [0, 0.1) is 11.8 Å². The van der Waals surface area contributed by atoms with Gasteiger partial charge in [0, 0.05) is 6.61 Å². The highest BCUT2D eigenvalue weighted by atomic mass is 16.3. The van der Waals surface area contributed by atoms with E-state index in [9.17, 15) is 5.11 Å². The van der Waals surface area contributed by atoms with Crippen LogP contribution in [0.1, 0.15) is 46.5 Å². The van der Waals surface area contributed by atoms with Crippen molar-refractivity contribution < 1.29 is 10.2 Å². The minimum Gasteiger partial charge on any atom is -0.396 e. The molecule has 0 saturated carbocycles. The second kappa shape index (κ2) is 7.34. The zero-order valence-corrected chi connectivity index (χ0v) is 9.16. The number of hydrogen-bond acceptors (Lipinski definition) is 2. The van der Waals surface area contributed by atoms with Crippen molar-refractivity contribution in [2.45, 2.75) is 52.6 Å². The van der Waals surface area contributed by atoms with Crippen LogP contribution < -0.4 is 0 Å². The van der Waals surface area contributed by atoms with Crippen LogP contribution in [0.5, 0.6) is 0 Å². The van der Waals surface area contributed by atoms with E-state index in [0.29, 0.717) is 11.8 Å². The highest BCUT2D eigenvalue weighted by molar-refractivity contribution is 4.72. The van der Waals surface area contributed by atoms with Crippen LogP contribution in [-0.4, -0.2) is 22.9 Å². The summed E-state index contributed by atoms with van der Waals surface area (Å²) in [5, 5.41) is 18.6. The third-order valence-electron chi connectivity index (χ3n) is 2.93. The number of hydrogen-bond donors (Lipinski definition) is 2. The second-order valence-corrected chi connectivity index (χ2v) is 3.90. The molecule has 0 aliphatic heterocycles. The van der Waals surface area contributed by atoms with Crippen LogP contribution in [0.2, 0.25) is 0 Å². The summed E-state index contributed by atoms with van der Waals surface area (Å²) in [4.78, 5) is 0. The molecule has 2 nitrogen and oxygen atoms in total. The molecule has 13 heavy (non-hydrogen) atoms. The van der Waals surface area contributed by atoms with E-state index in [2.05, 4.69) is 13.8 Å². The maximum absolute atomic E-state index is 9.67. The normalized spacial score (nSPS) is 18.2. The average molecular weight is 188 g/mol. The summed E-state index contributed by atoms with van der Waals surface area (Å²) < 4.78 is 0. The predicted octanol–water partition coefficient (Wildman–Crippen LogP) is 2.19. The lowest BCUT2D eigenvalue weighted by molar-refractivity contribution is 0.0661. The monoisotopic (exact) mass is 188 g/mol. The molecule has 0 saturated heterocycles. The van der Waals surface area contributed by atoms with Gasteiger partial charge < -0.3 is 10.2 Å². The van der Waals surface area contributed by atoms with Crippen molar-refractivity contribution in [2.75, 3.05) is 6.61 Å². The molecular formula is C11H24O2. The lowest BCUT2D eigenvalue weighted by Crippen LogP contribution is -2.25. The molecule has 2 N–H and O–H groups in total. The first-order valence-electron chi connectivity index (χ1n) is 5.46. The van der Waals surface area contributed by atoms with Crippen molar-refractivity contribution in [3.05, 3.63) is 0 Å². The summed E-state index contributed by atoms with van der Waals surface area (Å²) >= 11 is 0. The molecular weight excluding hydrogens is 164 g/mol. The maximum Gasteiger partial charge on any atom is 0.0565 e. The molecule has 80 valence electrons. The summed E-state index contributed by atoms with van der Waals surface area (Å²) in [6, 6.07) is 0. The molecule has 0 aliphatic rings. The van der Waals surface area contributed by atoms with Gasteiger partial charge in [0.2, 0.25) is 0 Å². The van der Waals surface area contributed by atoms with Gasteiger partial charge >= 0.3 is 0 Å². The predicted molar refractivity (Wildman–Crippen MR) is 55.6 cm³/mol. The molecule has 0 heterocycles. The van der Waals surface area contributed by atoms with Crippen molar-refractivity contribution in [3.8, 4) is 0 Å². The van der Waals surface area contributed by atoms with E-state index in [1.807, 2.05) is 6.92 Å². The average Bonchev–Trinajstić information content (AvgIpc) is 2.15. The first kappa shape index (κ1) is 12.9. The van der Waals surface area contributed by atoms with Gasteiger partial charge in [0.05, 0.1) is 6.10 Å². The van der Waals surface area contributed by atoms with Gasteiger partial charge in [-0.1, -0.05) is 33.6 Å². The van der Waals surface area contributed by atoms with Gasteiger partial charge in [-0.05, 0) is 24.7 Å². The molecule has 0 rings (SSSR count). The van der Waals surface area contributed by atoms with Crippen LogP contribution in [0.3, 0.4) is 0 Å². The van der Waals surface area contributed by atoms with Crippen LogP contribution in [0.25, 0.3) is 0 Å². The molecule has 0 fully saturated rings. The maximum atomic E-state index is 9.67. The first-order chi connectivity index (χ1) is 6.17. The lowest BCUT2D eigenvalue weighted by Gasteiger charge is -2.26. The standard InChI is InChI=1S/C11H24O2/c1-4-6-10(7-8-12)9(3)11(13)5-2/h9-13H,4-8H2,1-3H3. The minimum absolute atomic E-state index is 0.205. The van der Waals surface area contributed by atoms with Crippen LogP contribution in [-0.2, 0) is 0 Å². The zero-order valence-electron chi connectivity index (χ0n) is 9.16. The Hall–Kier alpha value is -0.0800. The van der Waals surface area contributed by atoms with E-state index in [4.69, 9.17) is 5.11 Å². The molecule has 3 atom stereocenters. The van der Waals surface area contributed by atoms with Gasteiger partial charge in [-0.2, -0.15) is 0 Å². The van der Waals surface area contributed by atoms with Crippen molar-refractivity contribution in [1.82, 2.24) is 0 Å². The Labute approximate surface area is 82.0 Å². The fourth-order valence-corrected chi connectivity index (χ4v) is 1.89. The van der Waals surface area contributed by atoms with Gasteiger partial charge in [-0.3, -0.25) is 0 Å². The van der Waals surface area contributed by atoms with Crippen molar-refractivity contribution in [1.29, 1.82) is 0 Å². The molecule has 0 bridgehead atoms. The Bertz CT molecular complexity index is 109. The van der Waals surface area contributed by atoms with Gasteiger partial charge in [0.1, 0.15) is 0 Å². The molecule has 0 aromatic heterocycles. The Kier molecular flexibility index (Phi) is 7.29. The number of aliphatic hydroxyl groups excluding tert-OH is 2. The lowest BCUT2D eigenvalue weighted by atomic mass is 9.83. The summed E-state index contributed by atoms with van der Waals surface area (Å²) in [5.74, 6) is 0.794. The van der Waals surface area contributed by atoms with E-state index < -0.39 is 0 Å². The van der Waals surface area contributed by atoms with Crippen molar-refractivity contribution in [2.24, 2.45) is 11.8 Å². The fourth-order valence-electron chi connectivity index (χ4n) is 1.89. The second-order valence-electron chi connectivity index (χ2n) is 3.90. The van der Waals surface area contributed by atoms with E-state index in [1.165, 1.54) is 0 Å². The zero-order chi connectivity index (χ0) is 10.3. The number of aliphatic hydroxyl groups is 2. The van der Waals surface area contributed by atoms with Crippen molar-refractivity contribution in [3.63, 3.8) is 0 Å². The van der Waals surface area contributed by atoms with E-state index in [-0.39, 0.29) is 12.7 Å². The highest BCUT2D eigenvalue weighted by Gasteiger charge is 2.21. The summed E-state index contributed by atoms with van der Waals surface area (Å²) in [6.07, 6.45) is 3.67. The summed E-state index contributed by atoms with van der Waals surface area (Å²) in [7, 11) is 0. The third kappa shape index (κ3) is 4.63. The Morgan fingerprint density at radius 2 is 1.77 bits per heavy atom. The minimum atomic E-state index is -0.205. The van der Waals surface area contributed by atoms with Gasteiger partial charge in [0.15, 0.2) is 0 Å². The summed E-state index contributed by atoms with van der Waals surface area (Å²) in [5.41, 5.74) is 0. The molecule has 0 aliphatic carbocycles. The Morgan fingerprint density at radius 1 is 1.15 bits per heavy atom. The number of rotatable bonds is 7. The molecule has 0 aromatic rings.